The van der Waals surface area contributed by atoms with Crippen molar-refractivity contribution >= 4 is 5.91 Å². The smallest absolute Gasteiger partial charge is 0.234 e. The van der Waals surface area contributed by atoms with Crippen LogP contribution in [-0.4, -0.2) is 61.0 Å². The molecule has 0 aromatic rings. The molecule has 0 aromatic heterocycles. The van der Waals surface area contributed by atoms with Crippen LogP contribution in [0.4, 0.5) is 0 Å². The molecule has 0 bridgehead atoms. The Morgan fingerprint density at radius 1 is 1.11 bits per heavy atom. The monoisotopic (exact) mass is 267 g/mol. The Morgan fingerprint density at radius 3 is 2.53 bits per heavy atom. The molecule has 2 aliphatic heterocycles. The quantitative estimate of drug-likeness (QED) is 0.838. The van der Waals surface area contributed by atoms with Crippen molar-refractivity contribution in [1.82, 2.24) is 15.1 Å². The first-order valence-electron chi connectivity index (χ1n) is 8.02. The van der Waals surface area contributed by atoms with Crippen LogP contribution in [0.15, 0.2) is 0 Å². The van der Waals surface area contributed by atoms with Gasteiger partial charge in [0.2, 0.25) is 5.91 Å². The van der Waals surface area contributed by atoms with Crippen LogP contribution in [0.2, 0.25) is 0 Å². The summed E-state index contributed by atoms with van der Waals surface area (Å²) in [6, 6.07) is 0.682. The van der Waals surface area contributed by atoms with Crippen molar-refractivity contribution in [2.75, 3.05) is 39.3 Å². The second-order valence-electron chi connectivity index (χ2n) is 5.93. The summed E-state index contributed by atoms with van der Waals surface area (Å²) in [5.74, 6) is 0.180. The normalized spacial score (nSPS) is 26.9. The number of amides is 1. The zero-order valence-corrected chi connectivity index (χ0v) is 12.4. The summed E-state index contributed by atoms with van der Waals surface area (Å²) in [5.41, 5.74) is 0. The van der Waals surface area contributed by atoms with Gasteiger partial charge in [0.1, 0.15) is 0 Å². The van der Waals surface area contributed by atoms with Crippen LogP contribution >= 0.6 is 0 Å². The SMILES string of the molecule is CCNC(=O)CN1CCCC(N2CCCCCC2)C1. The van der Waals surface area contributed by atoms with Crippen molar-refractivity contribution in [1.29, 1.82) is 0 Å². The predicted octanol–water partition coefficient (Wildman–Crippen LogP) is 1.46. The molecule has 2 rings (SSSR count). The van der Waals surface area contributed by atoms with E-state index in [2.05, 4.69) is 15.1 Å². The summed E-state index contributed by atoms with van der Waals surface area (Å²) >= 11 is 0. The van der Waals surface area contributed by atoms with Crippen molar-refractivity contribution in [2.24, 2.45) is 0 Å². The number of likely N-dealkylation sites (N-methyl/N-ethyl adjacent to an activating group) is 1. The van der Waals surface area contributed by atoms with Crippen LogP contribution < -0.4 is 5.32 Å². The van der Waals surface area contributed by atoms with Crippen LogP contribution in [0.5, 0.6) is 0 Å². The molecule has 4 heteroatoms. The number of likely N-dealkylation sites (tertiary alicyclic amines) is 2. The summed E-state index contributed by atoms with van der Waals surface area (Å²) in [5, 5.41) is 2.90. The number of carbonyl (C=O) groups excluding carboxylic acids is 1. The number of nitrogens with one attached hydrogen (secondary N) is 1. The molecule has 0 aliphatic carbocycles. The lowest BCUT2D eigenvalue weighted by molar-refractivity contribution is -0.122. The largest absolute Gasteiger partial charge is 0.355 e. The topological polar surface area (TPSA) is 35.6 Å². The number of rotatable bonds is 4. The molecular weight excluding hydrogens is 238 g/mol. The number of nitrogens with zero attached hydrogens (tertiary/aromatic N) is 2. The van der Waals surface area contributed by atoms with Crippen LogP contribution in [0.3, 0.4) is 0 Å². The third kappa shape index (κ3) is 4.77. The van der Waals surface area contributed by atoms with E-state index in [0.29, 0.717) is 12.6 Å². The van der Waals surface area contributed by atoms with E-state index in [0.717, 1.165) is 19.6 Å². The van der Waals surface area contributed by atoms with E-state index >= 15 is 0 Å². The molecule has 4 nitrogen and oxygen atoms in total. The average molecular weight is 267 g/mol. The zero-order valence-electron chi connectivity index (χ0n) is 12.4. The zero-order chi connectivity index (χ0) is 13.5. The van der Waals surface area contributed by atoms with Gasteiger partial charge in [-0.1, -0.05) is 12.8 Å². The number of hydrogen-bond acceptors (Lipinski definition) is 3. The summed E-state index contributed by atoms with van der Waals surface area (Å²) < 4.78 is 0. The third-order valence-electron chi connectivity index (χ3n) is 4.38. The molecule has 2 fully saturated rings. The van der Waals surface area contributed by atoms with Crippen molar-refractivity contribution in [3.63, 3.8) is 0 Å². The Labute approximate surface area is 117 Å². The Balaban J connectivity index is 1.80. The summed E-state index contributed by atoms with van der Waals surface area (Å²) in [6.45, 7) is 7.99. The lowest BCUT2D eigenvalue weighted by Crippen LogP contribution is -2.50. The van der Waals surface area contributed by atoms with E-state index in [1.54, 1.807) is 0 Å². The van der Waals surface area contributed by atoms with Gasteiger partial charge in [-0.05, 0) is 52.2 Å². The first kappa shape index (κ1) is 14.8. The summed E-state index contributed by atoms with van der Waals surface area (Å²) in [4.78, 5) is 16.7. The van der Waals surface area contributed by atoms with Crippen LogP contribution in [-0.2, 0) is 4.79 Å². The maximum Gasteiger partial charge on any atom is 0.234 e. The van der Waals surface area contributed by atoms with E-state index in [4.69, 9.17) is 0 Å². The molecule has 0 radical (unpaired) electrons. The van der Waals surface area contributed by atoms with Crippen molar-refractivity contribution in [3.8, 4) is 0 Å². The lowest BCUT2D eigenvalue weighted by Gasteiger charge is -2.38. The van der Waals surface area contributed by atoms with Crippen molar-refractivity contribution in [2.45, 2.75) is 51.5 Å². The maximum absolute atomic E-state index is 11.7. The van der Waals surface area contributed by atoms with Gasteiger partial charge in [0.15, 0.2) is 0 Å². The highest BCUT2D eigenvalue weighted by atomic mass is 16.2. The van der Waals surface area contributed by atoms with E-state index in [1.165, 1.54) is 51.6 Å². The molecule has 0 spiro atoms. The van der Waals surface area contributed by atoms with Gasteiger partial charge in [-0.15, -0.1) is 0 Å². The number of hydrogen-bond donors (Lipinski definition) is 1. The highest BCUT2D eigenvalue weighted by Gasteiger charge is 2.26. The fourth-order valence-electron chi connectivity index (χ4n) is 3.39. The number of piperidine rings is 1. The van der Waals surface area contributed by atoms with Crippen molar-refractivity contribution < 1.29 is 4.79 Å². The standard InChI is InChI=1S/C15H29N3O/c1-2-16-15(19)13-17-9-7-8-14(12-17)18-10-5-3-4-6-11-18/h14H,2-13H2,1H3,(H,16,19). The summed E-state index contributed by atoms with van der Waals surface area (Å²) in [7, 11) is 0. The minimum atomic E-state index is 0.180. The molecule has 1 amide bonds. The van der Waals surface area contributed by atoms with Crippen LogP contribution in [0, 0.1) is 0 Å². The van der Waals surface area contributed by atoms with E-state index in [9.17, 15) is 4.79 Å². The van der Waals surface area contributed by atoms with Crippen LogP contribution in [0.25, 0.3) is 0 Å². The molecule has 1 atom stereocenters. The molecule has 2 aliphatic rings. The van der Waals surface area contributed by atoms with Gasteiger partial charge in [0, 0.05) is 19.1 Å². The van der Waals surface area contributed by atoms with Gasteiger partial charge in [-0.2, -0.15) is 0 Å². The fraction of sp³-hybridized carbons (Fsp3) is 0.933. The Morgan fingerprint density at radius 2 is 1.84 bits per heavy atom. The summed E-state index contributed by atoms with van der Waals surface area (Å²) in [6.07, 6.45) is 8.05. The molecule has 2 heterocycles. The van der Waals surface area contributed by atoms with Gasteiger partial charge in [0.05, 0.1) is 6.54 Å². The molecule has 19 heavy (non-hydrogen) atoms. The first-order valence-corrected chi connectivity index (χ1v) is 8.02. The molecule has 0 aromatic carbocycles. The van der Waals surface area contributed by atoms with E-state index in [1.807, 2.05) is 6.92 Å². The minimum Gasteiger partial charge on any atom is -0.355 e. The molecule has 0 saturated carbocycles. The molecule has 2 saturated heterocycles. The second kappa shape index (κ2) is 7.85. The molecule has 1 unspecified atom stereocenters. The third-order valence-corrected chi connectivity index (χ3v) is 4.38. The molecule has 1 N–H and O–H groups in total. The Kier molecular flexibility index (Phi) is 6.11. The first-order chi connectivity index (χ1) is 9.29. The van der Waals surface area contributed by atoms with E-state index < -0.39 is 0 Å². The average Bonchev–Trinajstić information content (AvgIpc) is 2.68. The maximum atomic E-state index is 11.7. The van der Waals surface area contributed by atoms with Gasteiger partial charge in [-0.25, -0.2) is 0 Å². The van der Waals surface area contributed by atoms with E-state index in [-0.39, 0.29) is 5.91 Å². The number of carbonyl (C=O) groups is 1. The highest BCUT2D eigenvalue weighted by Crippen LogP contribution is 2.19. The Bertz CT molecular complexity index is 275. The minimum absolute atomic E-state index is 0.180. The van der Waals surface area contributed by atoms with Gasteiger partial charge in [-0.3, -0.25) is 14.6 Å². The van der Waals surface area contributed by atoms with Gasteiger partial charge >= 0.3 is 0 Å². The van der Waals surface area contributed by atoms with Crippen molar-refractivity contribution in [3.05, 3.63) is 0 Å². The molecule has 110 valence electrons. The van der Waals surface area contributed by atoms with Gasteiger partial charge in [0.25, 0.3) is 0 Å². The van der Waals surface area contributed by atoms with Gasteiger partial charge < -0.3 is 5.32 Å². The second-order valence-corrected chi connectivity index (χ2v) is 5.93. The van der Waals surface area contributed by atoms with Crippen LogP contribution in [0.1, 0.15) is 45.4 Å². The fourth-order valence-corrected chi connectivity index (χ4v) is 3.39. The Hall–Kier alpha value is -0.610. The molecular formula is C15H29N3O. The predicted molar refractivity (Wildman–Crippen MR) is 78.2 cm³/mol. The lowest BCUT2D eigenvalue weighted by atomic mass is 10.0. The highest BCUT2D eigenvalue weighted by molar-refractivity contribution is 5.77.